The van der Waals surface area contributed by atoms with Crippen LogP contribution in [0, 0.1) is 28.1 Å². The maximum Gasteiger partial charge on any atom is 0.128 e. The van der Waals surface area contributed by atoms with Gasteiger partial charge in [0.15, 0.2) is 0 Å². The minimum absolute atomic E-state index is 0.229. The van der Waals surface area contributed by atoms with Gasteiger partial charge in [-0.1, -0.05) is 27.2 Å². The molecule has 2 aliphatic rings. The molecule has 5 N–H and O–H groups in total. The van der Waals surface area contributed by atoms with E-state index in [1.807, 2.05) is 18.3 Å². The number of anilines is 1. The minimum Gasteiger partial charge on any atom is -0.403 e. The molecule has 4 rings (SSSR count). The predicted octanol–water partition coefficient (Wildman–Crippen LogP) is 4.09. The number of aromatic nitrogens is 3. The van der Waals surface area contributed by atoms with Crippen LogP contribution >= 0.6 is 0 Å². The molecule has 2 aromatic rings. The van der Waals surface area contributed by atoms with Gasteiger partial charge in [-0.2, -0.15) is 5.26 Å². The van der Waals surface area contributed by atoms with Crippen LogP contribution < -0.4 is 21.3 Å². The number of allylic oxidation sites excluding steroid dienone is 1. The van der Waals surface area contributed by atoms with Crippen molar-refractivity contribution in [2.24, 2.45) is 17.1 Å². The van der Waals surface area contributed by atoms with Gasteiger partial charge in [-0.05, 0) is 62.2 Å². The molecule has 0 aliphatic carbocycles. The molecule has 39 heavy (non-hydrogen) atoms. The number of nitrogens with one attached hydrogen (secondary N) is 3. The van der Waals surface area contributed by atoms with E-state index in [-0.39, 0.29) is 11.5 Å². The van der Waals surface area contributed by atoms with Crippen LogP contribution in [0.4, 0.5) is 5.82 Å². The largest absolute Gasteiger partial charge is 0.403 e. The maximum atomic E-state index is 9.68. The molecule has 0 amide bonds. The Balaban J connectivity index is 1.57. The van der Waals surface area contributed by atoms with E-state index in [4.69, 9.17) is 21.1 Å². The lowest BCUT2D eigenvalue weighted by atomic mass is 9.68. The molecule has 0 spiro atoms. The zero-order valence-corrected chi connectivity index (χ0v) is 23.6. The van der Waals surface area contributed by atoms with Crippen LogP contribution in [0.5, 0.6) is 0 Å². The number of nitrogens with two attached hydrogens (primary N) is 1. The zero-order chi connectivity index (χ0) is 27.8. The first-order chi connectivity index (χ1) is 18.9. The Morgan fingerprint density at radius 2 is 2.00 bits per heavy atom. The Morgan fingerprint density at radius 3 is 2.56 bits per heavy atom. The monoisotopic (exact) mass is 529 g/mol. The highest BCUT2D eigenvalue weighted by molar-refractivity contribution is 5.83. The molecule has 0 aromatic carbocycles. The second kappa shape index (κ2) is 13.1. The summed E-state index contributed by atoms with van der Waals surface area (Å²) >= 11 is 0. The van der Waals surface area contributed by atoms with E-state index in [1.54, 1.807) is 6.20 Å². The number of piperidine rings is 2. The quantitative estimate of drug-likeness (QED) is 0.267. The fourth-order valence-electron chi connectivity index (χ4n) is 5.95. The Bertz CT molecular complexity index is 1170. The molecule has 2 aliphatic heterocycles. The molecule has 9 heteroatoms. The highest BCUT2D eigenvalue weighted by atomic mass is 15.2. The van der Waals surface area contributed by atoms with Crippen LogP contribution in [0.3, 0.4) is 0 Å². The lowest BCUT2D eigenvalue weighted by Crippen LogP contribution is -2.42. The Morgan fingerprint density at radius 1 is 1.26 bits per heavy atom. The molecule has 0 saturated carbocycles. The summed E-state index contributed by atoms with van der Waals surface area (Å²) in [6.07, 6.45) is 11.8. The van der Waals surface area contributed by atoms with Gasteiger partial charge < -0.3 is 26.7 Å². The van der Waals surface area contributed by atoms with Crippen molar-refractivity contribution in [3.8, 4) is 17.3 Å². The average molecular weight is 530 g/mol. The van der Waals surface area contributed by atoms with Gasteiger partial charge >= 0.3 is 0 Å². The number of rotatable bonds is 10. The topological polar surface area (TPSA) is 140 Å². The fraction of sp³-hybridized carbons (Fsp3) is 0.567. The van der Waals surface area contributed by atoms with E-state index in [0.29, 0.717) is 41.0 Å². The molecular formula is C30H43N9. The van der Waals surface area contributed by atoms with Crippen LogP contribution in [-0.4, -0.2) is 59.9 Å². The third kappa shape index (κ3) is 6.45. The molecular weight excluding hydrogens is 486 g/mol. The standard InChI is InChI=1S/C30H43N9/c1-4-30(21(2)3)9-13-39(14-10-30)27-6-5-22(18-36-27)29-28(23(15-31)16-32)37-20-26(38-29)24(17-33)19-35-25-7-11-34-12-8-25/h5-6,15,17-18,20-21,24-25,33-35H,4,7-14,19,31H2,1-3H3/b23-15-,33-17?. The van der Waals surface area contributed by atoms with Gasteiger partial charge in [-0.3, -0.25) is 4.98 Å². The molecule has 9 nitrogen and oxygen atoms in total. The number of nitrogens with zero attached hydrogens (tertiary/aromatic N) is 5. The number of pyridine rings is 1. The van der Waals surface area contributed by atoms with Gasteiger partial charge in [0.2, 0.25) is 0 Å². The van der Waals surface area contributed by atoms with Crippen LogP contribution in [0.15, 0.2) is 30.7 Å². The summed E-state index contributed by atoms with van der Waals surface area (Å²) in [6.45, 7) is 11.6. The Labute approximate surface area is 232 Å². The number of hydrogen-bond donors (Lipinski definition) is 4. The molecule has 0 bridgehead atoms. The molecule has 2 saturated heterocycles. The summed E-state index contributed by atoms with van der Waals surface area (Å²) in [4.78, 5) is 16.7. The van der Waals surface area contributed by atoms with Gasteiger partial charge in [0.25, 0.3) is 0 Å². The van der Waals surface area contributed by atoms with E-state index in [1.165, 1.54) is 31.7 Å². The van der Waals surface area contributed by atoms with Crippen molar-refractivity contribution in [3.63, 3.8) is 0 Å². The van der Waals surface area contributed by atoms with Crippen molar-refractivity contribution >= 4 is 17.6 Å². The zero-order valence-electron chi connectivity index (χ0n) is 23.6. The van der Waals surface area contributed by atoms with Crippen LogP contribution in [-0.2, 0) is 0 Å². The maximum absolute atomic E-state index is 9.68. The van der Waals surface area contributed by atoms with E-state index in [0.717, 1.165) is 50.4 Å². The van der Waals surface area contributed by atoms with E-state index >= 15 is 0 Å². The van der Waals surface area contributed by atoms with Gasteiger partial charge in [0.1, 0.15) is 17.6 Å². The van der Waals surface area contributed by atoms with Crippen LogP contribution in [0.25, 0.3) is 16.8 Å². The van der Waals surface area contributed by atoms with Crippen LogP contribution in [0.1, 0.15) is 70.2 Å². The van der Waals surface area contributed by atoms with Gasteiger partial charge in [0.05, 0.1) is 17.0 Å². The number of hydrogen-bond acceptors (Lipinski definition) is 9. The van der Waals surface area contributed by atoms with Crippen molar-refractivity contribution < 1.29 is 0 Å². The van der Waals surface area contributed by atoms with Gasteiger partial charge in [-0.15, -0.1) is 0 Å². The first kappa shape index (κ1) is 28.7. The first-order valence-corrected chi connectivity index (χ1v) is 14.3. The molecule has 1 unspecified atom stereocenters. The summed E-state index contributed by atoms with van der Waals surface area (Å²) < 4.78 is 0. The Hall–Kier alpha value is -3.35. The summed E-state index contributed by atoms with van der Waals surface area (Å²) in [5, 5.41) is 24.7. The normalized spacial score (nSPS) is 19.1. The molecule has 0 radical (unpaired) electrons. The average Bonchev–Trinajstić information content (AvgIpc) is 2.99. The fourth-order valence-corrected chi connectivity index (χ4v) is 5.95. The molecule has 208 valence electrons. The smallest absolute Gasteiger partial charge is 0.128 e. The molecule has 4 heterocycles. The molecule has 2 aromatic heterocycles. The van der Waals surface area contributed by atoms with Crippen molar-refractivity contribution in [2.75, 3.05) is 37.6 Å². The number of nitriles is 1. The SMILES string of the molecule is CCC1(C(C)C)CCN(c2ccc(-c3nc(C(C=N)CNC4CCNCC4)cnc3/C(C#N)=C\N)cn2)CC1. The highest BCUT2D eigenvalue weighted by Crippen LogP contribution is 2.42. The van der Waals surface area contributed by atoms with Gasteiger partial charge in [0, 0.05) is 62.0 Å². The second-order valence-corrected chi connectivity index (χ2v) is 11.2. The van der Waals surface area contributed by atoms with E-state index < -0.39 is 0 Å². The lowest BCUT2D eigenvalue weighted by Gasteiger charge is -2.44. The van der Waals surface area contributed by atoms with Crippen LogP contribution in [0.2, 0.25) is 0 Å². The highest BCUT2D eigenvalue weighted by Gasteiger charge is 2.36. The Kier molecular flexibility index (Phi) is 9.65. The van der Waals surface area contributed by atoms with Crippen molar-refractivity contribution in [3.05, 3.63) is 42.1 Å². The summed E-state index contributed by atoms with van der Waals surface area (Å²) in [5.74, 6) is 1.40. The van der Waals surface area contributed by atoms with E-state index in [2.05, 4.69) is 47.4 Å². The third-order valence-electron chi connectivity index (χ3n) is 8.91. The lowest BCUT2D eigenvalue weighted by molar-refractivity contribution is 0.132. The van der Waals surface area contributed by atoms with Gasteiger partial charge in [-0.25, -0.2) is 9.97 Å². The van der Waals surface area contributed by atoms with E-state index in [9.17, 15) is 5.26 Å². The second-order valence-electron chi connectivity index (χ2n) is 11.2. The summed E-state index contributed by atoms with van der Waals surface area (Å²) in [5.41, 5.74) is 8.88. The first-order valence-electron chi connectivity index (χ1n) is 14.3. The summed E-state index contributed by atoms with van der Waals surface area (Å²) in [6, 6.07) is 6.60. The predicted molar refractivity (Wildman–Crippen MR) is 157 cm³/mol. The van der Waals surface area contributed by atoms with Crippen molar-refractivity contribution in [1.82, 2.24) is 25.6 Å². The molecule has 1 atom stereocenters. The molecule has 2 fully saturated rings. The van der Waals surface area contributed by atoms with Crippen molar-refractivity contribution in [1.29, 1.82) is 10.7 Å². The summed E-state index contributed by atoms with van der Waals surface area (Å²) in [7, 11) is 0. The van der Waals surface area contributed by atoms with Crippen molar-refractivity contribution in [2.45, 2.75) is 64.8 Å². The third-order valence-corrected chi connectivity index (χ3v) is 8.91. The minimum atomic E-state index is -0.229.